The summed E-state index contributed by atoms with van der Waals surface area (Å²) in [6, 6.07) is 0. The van der Waals surface area contributed by atoms with Crippen LogP contribution in [0.4, 0.5) is 0 Å². The highest BCUT2D eigenvalue weighted by Crippen LogP contribution is 2.13. The van der Waals surface area contributed by atoms with Gasteiger partial charge in [-0.15, -0.1) is 18.4 Å². The van der Waals surface area contributed by atoms with Gasteiger partial charge in [0.15, 0.2) is 5.92 Å². The molecular weight excluding hydrogens is 280 g/mol. The molecule has 0 radical (unpaired) electrons. The van der Waals surface area contributed by atoms with Crippen LogP contribution in [-0.4, -0.2) is 25.2 Å². The normalized spacial score (nSPS) is 9.77. The minimum absolute atomic E-state index is 0.263. The number of ether oxygens (including phenoxy) is 2. The molecule has 0 aliphatic rings. The van der Waals surface area contributed by atoms with E-state index in [0.717, 1.165) is 25.7 Å². The van der Waals surface area contributed by atoms with Gasteiger partial charge in [-0.3, -0.25) is 9.59 Å². The summed E-state index contributed by atoms with van der Waals surface area (Å²) in [5, 5.41) is 0. The van der Waals surface area contributed by atoms with Gasteiger partial charge < -0.3 is 9.47 Å². The molecule has 0 aromatic carbocycles. The van der Waals surface area contributed by atoms with Crippen molar-refractivity contribution in [2.24, 2.45) is 5.92 Å². The Bertz CT molecular complexity index is 372. The minimum atomic E-state index is -0.825. The summed E-state index contributed by atoms with van der Waals surface area (Å²) in [6.07, 6.45) is 7.80. The van der Waals surface area contributed by atoms with Gasteiger partial charge in [-0.25, -0.2) is 0 Å². The van der Waals surface area contributed by atoms with Crippen molar-refractivity contribution in [1.82, 2.24) is 0 Å². The third-order valence-electron chi connectivity index (χ3n) is 3.02. The van der Waals surface area contributed by atoms with E-state index in [1.807, 2.05) is 6.08 Å². The number of hydrogen-bond donors (Lipinski definition) is 0. The predicted octanol–water partition coefficient (Wildman–Crippen LogP) is 3.65. The fourth-order valence-electron chi connectivity index (χ4n) is 1.89. The molecule has 0 saturated carbocycles. The van der Waals surface area contributed by atoms with Crippen LogP contribution in [0.25, 0.3) is 0 Å². The van der Waals surface area contributed by atoms with Crippen LogP contribution in [0.15, 0.2) is 12.7 Å². The first kappa shape index (κ1) is 20.2. The summed E-state index contributed by atoms with van der Waals surface area (Å²) in [5.74, 6) is 4.36. The minimum Gasteiger partial charge on any atom is -0.465 e. The van der Waals surface area contributed by atoms with E-state index in [0.29, 0.717) is 19.3 Å². The zero-order chi connectivity index (χ0) is 16.6. The number of allylic oxidation sites excluding steroid dienone is 1. The lowest BCUT2D eigenvalue weighted by molar-refractivity contribution is -0.161. The van der Waals surface area contributed by atoms with Gasteiger partial charge in [0, 0.05) is 12.8 Å². The predicted molar refractivity (Wildman–Crippen MR) is 87.0 cm³/mol. The maximum atomic E-state index is 11.8. The van der Waals surface area contributed by atoms with Crippen molar-refractivity contribution in [2.45, 2.75) is 58.8 Å². The van der Waals surface area contributed by atoms with Gasteiger partial charge in [-0.05, 0) is 46.0 Å². The Labute approximate surface area is 134 Å². The second kappa shape index (κ2) is 14.2. The SMILES string of the molecule is C=CCCCCC#CCCCC(C(=O)OCC)C(=O)OCC. The molecule has 0 aliphatic heterocycles. The van der Waals surface area contributed by atoms with E-state index in [1.54, 1.807) is 13.8 Å². The zero-order valence-corrected chi connectivity index (χ0v) is 13.9. The molecule has 0 N–H and O–H groups in total. The lowest BCUT2D eigenvalue weighted by Crippen LogP contribution is -2.28. The summed E-state index contributed by atoms with van der Waals surface area (Å²) in [4.78, 5) is 23.5. The van der Waals surface area contributed by atoms with E-state index in [2.05, 4.69) is 18.4 Å². The first-order valence-electron chi connectivity index (χ1n) is 8.07. The Morgan fingerprint density at radius 3 is 2.05 bits per heavy atom. The van der Waals surface area contributed by atoms with E-state index in [9.17, 15) is 9.59 Å². The molecule has 0 unspecified atom stereocenters. The average molecular weight is 308 g/mol. The molecule has 0 fully saturated rings. The van der Waals surface area contributed by atoms with Crippen LogP contribution < -0.4 is 0 Å². The van der Waals surface area contributed by atoms with Crippen LogP contribution in [0, 0.1) is 17.8 Å². The van der Waals surface area contributed by atoms with Gasteiger partial charge in [0.2, 0.25) is 0 Å². The number of esters is 2. The zero-order valence-electron chi connectivity index (χ0n) is 13.9. The summed E-state index contributed by atoms with van der Waals surface area (Å²) in [6.45, 7) is 7.65. The standard InChI is InChI=1S/C18H28O4/c1-4-7-8-9-10-11-12-13-14-15-16(17(19)21-5-2)18(20)22-6-3/h4,16H,1,5-10,13-15H2,2-3H3. The highest BCUT2D eigenvalue weighted by molar-refractivity contribution is 5.94. The monoisotopic (exact) mass is 308 g/mol. The summed E-state index contributed by atoms with van der Waals surface area (Å²) in [5.41, 5.74) is 0. The average Bonchev–Trinajstić information content (AvgIpc) is 2.49. The van der Waals surface area contributed by atoms with Crippen molar-refractivity contribution in [1.29, 1.82) is 0 Å². The van der Waals surface area contributed by atoms with Crippen molar-refractivity contribution >= 4 is 11.9 Å². The molecule has 0 atom stereocenters. The highest BCUT2D eigenvalue weighted by atomic mass is 16.6. The van der Waals surface area contributed by atoms with Crippen molar-refractivity contribution < 1.29 is 19.1 Å². The first-order valence-corrected chi connectivity index (χ1v) is 8.07. The van der Waals surface area contributed by atoms with Crippen molar-refractivity contribution in [3.8, 4) is 11.8 Å². The summed E-state index contributed by atoms with van der Waals surface area (Å²) < 4.78 is 9.84. The van der Waals surface area contributed by atoms with Crippen LogP contribution in [0.3, 0.4) is 0 Å². The quantitative estimate of drug-likeness (QED) is 0.192. The number of rotatable bonds is 11. The molecule has 0 bridgehead atoms. The van der Waals surface area contributed by atoms with Crippen LogP contribution in [0.2, 0.25) is 0 Å². The molecular formula is C18H28O4. The molecule has 0 aromatic rings. The molecule has 4 heteroatoms. The second-order valence-electron chi connectivity index (χ2n) is 4.84. The smallest absolute Gasteiger partial charge is 0.320 e. The van der Waals surface area contributed by atoms with E-state index in [4.69, 9.17) is 9.47 Å². The maximum absolute atomic E-state index is 11.8. The Balaban J connectivity index is 4.07. The summed E-state index contributed by atoms with van der Waals surface area (Å²) in [7, 11) is 0. The lowest BCUT2D eigenvalue weighted by Gasteiger charge is -2.13. The number of hydrogen-bond acceptors (Lipinski definition) is 4. The van der Waals surface area contributed by atoms with E-state index in [-0.39, 0.29) is 13.2 Å². The van der Waals surface area contributed by atoms with Crippen LogP contribution in [0.1, 0.15) is 58.8 Å². The van der Waals surface area contributed by atoms with Crippen molar-refractivity contribution in [3.05, 3.63) is 12.7 Å². The Hall–Kier alpha value is -1.76. The lowest BCUT2D eigenvalue weighted by atomic mass is 10.0. The molecule has 0 saturated heterocycles. The fourth-order valence-corrected chi connectivity index (χ4v) is 1.89. The topological polar surface area (TPSA) is 52.6 Å². The van der Waals surface area contributed by atoms with Crippen LogP contribution in [-0.2, 0) is 19.1 Å². The summed E-state index contributed by atoms with van der Waals surface area (Å²) >= 11 is 0. The maximum Gasteiger partial charge on any atom is 0.320 e. The number of carbonyl (C=O) groups is 2. The van der Waals surface area contributed by atoms with Gasteiger partial charge >= 0.3 is 11.9 Å². The molecule has 124 valence electrons. The number of carbonyl (C=O) groups excluding carboxylic acids is 2. The van der Waals surface area contributed by atoms with Gasteiger partial charge in [-0.2, -0.15) is 0 Å². The van der Waals surface area contributed by atoms with E-state index in [1.165, 1.54) is 0 Å². The Morgan fingerprint density at radius 2 is 1.55 bits per heavy atom. The third-order valence-corrected chi connectivity index (χ3v) is 3.02. The molecule has 0 spiro atoms. The highest BCUT2D eigenvalue weighted by Gasteiger charge is 2.28. The van der Waals surface area contributed by atoms with Gasteiger partial charge in [0.25, 0.3) is 0 Å². The van der Waals surface area contributed by atoms with Crippen molar-refractivity contribution in [2.75, 3.05) is 13.2 Å². The molecule has 0 amide bonds. The third kappa shape index (κ3) is 10.0. The molecule has 22 heavy (non-hydrogen) atoms. The molecule has 0 heterocycles. The number of unbranched alkanes of at least 4 members (excludes halogenated alkanes) is 4. The fraction of sp³-hybridized carbons (Fsp3) is 0.667. The van der Waals surface area contributed by atoms with E-state index < -0.39 is 17.9 Å². The first-order chi connectivity index (χ1) is 10.7. The Kier molecular flexibility index (Phi) is 13.1. The molecule has 0 aromatic heterocycles. The Morgan fingerprint density at radius 1 is 1.00 bits per heavy atom. The van der Waals surface area contributed by atoms with Crippen LogP contribution >= 0.6 is 0 Å². The van der Waals surface area contributed by atoms with Crippen LogP contribution in [0.5, 0.6) is 0 Å². The van der Waals surface area contributed by atoms with Gasteiger partial charge in [0.1, 0.15) is 0 Å². The van der Waals surface area contributed by atoms with Crippen molar-refractivity contribution in [3.63, 3.8) is 0 Å². The van der Waals surface area contributed by atoms with Gasteiger partial charge in [-0.1, -0.05) is 6.08 Å². The van der Waals surface area contributed by atoms with Gasteiger partial charge in [0.05, 0.1) is 13.2 Å². The largest absolute Gasteiger partial charge is 0.465 e. The van der Waals surface area contributed by atoms with E-state index >= 15 is 0 Å². The molecule has 0 aliphatic carbocycles. The molecule has 0 rings (SSSR count). The second-order valence-corrected chi connectivity index (χ2v) is 4.84. The molecule has 4 nitrogen and oxygen atoms in total.